The molecule has 7 nitrogen and oxygen atoms in total. The molecule has 0 saturated heterocycles. The molecule has 0 fully saturated rings. The second-order valence-electron chi connectivity index (χ2n) is 9.68. The lowest BCUT2D eigenvalue weighted by atomic mass is 9.93. The van der Waals surface area contributed by atoms with E-state index >= 15 is 0 Å². The number of ether oxygens (including phenoxy) is 1. The van der Waals surface area contributed by atoms with Gasteiger partial charge < -0.3 is 14.7 Å². The van der Waals surface area contributed by atoms with Gasteiger partial charge in [-0.3, -0.25) is 4.31 Å². The zero-order valence-corrected chi connectivity index (χ0v) is 24.2. The van der Waals surface area contributed by atoms with Gasteiger partial charge in [-0.2, -0.15) is 0 Å². The zero-order chi connectivity index (χ0) is 28.3. The van der Waals surface area contributed by atoms with Crippen LogP contribution in [-0.4, -0.2) is 28.4 Å². The van der Waals surface area contributed by atoms with Crippen LogP contribution in [0.4, 0.5) is 5.69 Å². The minimum absolute atomic E-state index is 0.155. The second kappa shape index (κ2) is 12.2. The van der Waals surface area contributed by atoms with Crippen LogP contribution >= 0.6 is 11.6 Å². The van der Waals surface area contributed by atoms with Gasteiger partial charge in [0.2, 0.25) is 0 Å². The smallest absolute Gasteiger partial charge is 0.335 e. The third kappa shape index (κ3) is 6.13. The molecule has 206 valence electrons. The molecule has 0 aliphatic carbocycles. The molecule has 2 unspecified atom stereocenters. The van der Waals surface area contributed by atoms with Crippen LogP contribution in [0.2, 0.25) is 5.02 Å². The van der Waals surface area contributed by atoms with E-state index in [1.54, 1.807) is 16.4 Å². The molecule has 3 aromatic carbocycles. The van der Waals surface area contributed by atoms with E-state index in [0.29, 0.717) is 28.8 Å². The lowest BCUT2D eigenvalue weighted by molar-refractivity contribution is 0.0696. The summed E-state index contributed by atoms with van der Waals surface area (Å²) in [5.74, 6) is 0.663. The first-order valence-corrected chi connectivity index (χ1v) is 14.3. The van der Waals surface area contributed by atoms with Crippen molar-refractivity contribution in [3.05, 3.63) is 99.3 Å². The highest BCUT2D eigenvalue weighted by atomic mass is 35.5. The van der Waals surface area contributed by atoms with Crippen molar-refractivity contribution in [3.63, 3.8) is 0 Å². The molecular formula is C30H33ClN2O5S. The quantitative estimate of drug-likeness (QED) is 0.281. The predicted molar refractivity (Wildman–Crippen MR) is 155 cm³/mol. The molecule has 0 amide bonds. The fourth-order valence-corrected chi connectivity index (χ4v) is 6.24. The Morgan fingerprint density at radius 2 is 1.85 bits per heavy atom. The van der Waals surface area contributed by atoms with Gasteiger partial charge in [0.1, 0.15) is 18.1 Å². The highest BCUT2D eigenvalue weighted by Crippen LogP contribution is 2.39. The maximum absolute atomic E-state index is 13.3. The molecule has 1 aliphatic heterocycles. The summed E-state index contributed by atoms with van der Waals surface area (Å²) in [6.45, 7) is 10.9. The van der Waals surface area contributed by atoms with E-state index in [1.807, 2.05) is 57.2 Å². The van der Waals surface area contributed by atoms with E-state index in [-0.39, 0.29) is 17.5 Å². The van der Waals surface area contributed by atoms with Crippen LogP contribution in [0.1, 0.15) is 53.9 Å². The number of rotatable bonds is 10. The summed E-state index contributed by atoms with van der Waals surface area (Å²) < 4.78 is 21.4. The Balaban J connectivity index is 1.55. The average Bonchev–Trinajstić information content (AvgIpc) is 3.32. The number of benzene rings is 3. The summed E-state index contributed by atoms with van der Waals surface area (Å²) in [6, 6.07) is 17.4. The summed E-state index contributed by atoms with van der Waals surface area (Å²) in [6.07, 6.45) is 0. The number of aryl methyl sites for hydroxylation is 2. The molecule has 2 atom stereocenters. The Labute approximate surface area is 236 Å². The van der Waals surface area contributed by atoms with Crippen LogP contribution in [-0.2, 0) is 15.8 Å². The number of carbonyl (C=O) groups is 1. The van der Waals surface area contributed by atoms with Gasteiger partial charge in [-0.15, -0.1) is 5.48 Å². The molecule has 0 spiro atoms. The Morgan fingerprint density at radius 1 is 1.13 bits per heavy atom. The van der Waals surface area contributed by atoms with Crippen molar-refractivity contribution >= 4 is 34.2 Å². The third-order valence-corrected chi connectivity index (χ3v) is 8.52. The Hall–Kier alpha value is -3.33. The Kier molecular flexibility index (Phi) is 9.00. The number of carboxylic acids is 1. The van der Waals surface area contributed by atoms with Crippen molar-refractivity contribution in [3.8, 4) is 5.75 Å². The first kappa shape index (κ1) is 28.7. The maximum Gasteiger partial charge on any atom is 0.335 e. The number of hydrogen-bond donors (Lipinski definition) is 2. The van der Waals surface area contributed by atoms with Crippen LogP contribution in [0.3, 0.4) is 0 Å². The lowest BCUT2D eigenvalue weighted by Crippen LogP contribution is -2.26. The van der Waals surface area contributed by atoms with Gasteiger partial charge in [0, 0.05) is 23.1 Å². The highest BCUT2D eigenvalue weighted by molar-refractivity contribution is 7.86. The van der Waals surface area contributed by atoms with E-state index in [2.05, 4.69) is 19.3 Å². The number of anilines is 1. The van der Waals surface area contributed by atoms with Crippen molar-refractivity contribution in [2.45, 2.75) is 45.6 Å². The van der Waals surface area contributed by atoms with E-state index < -0.39 is 17.0 Å². The van der Waals surface area contributed by atoms with Crippen molar-refractivity contribution < 1.29 is 23.7 Å². The molecule has 0 radical (unpaired) electrons. The van der Waals surface area contributed by atoms with Crippen LogP contribution in [0.15, 0.2) is 76.9 Å². The fourth-order valence-electron chi connectivity index (χ4n) is 4.66. The van der Waals surface area contributed by atoms with E-state index in [9.17, 15) is 9.00 Å². The number of aromatic carboxylic acids is 1. The number of carboxylic acid groups (broad SMARTS) is 1. The average molecular weight is 569 g/mol. The molecule has 0 saturated carbocycles. The minimum Gasteiger partial charge on any atom is -0.489 e. The second-order valence-corrected chi connectivity index (χ2v) is 11.5. The minimum atomic E-state index is -1.50. The van der Waals surface area contributed by atoms with Crippen molar-refractivity contribution in [2.24, 2.45) is 5.92 Å². The Morgan fingerprint density at radius 3 is 2.44 bits per heavy atom. The topological polar surface area (TPSA) is 88.1 Å². The molecular weight excluding hydrogens is 536 g/mol. The largest absolute Gasteiger partial charge is 0.489 e. The van der Waals surface area contributed by atoms with E-state index in [0.717, 1.165) is 33.7 Å². The molecule has 4 rings (SSSR count). The summed E-state index contributed by atoms with van der Waals surface area (Å²) in [5, 5.41) is 9.81. The molecule has 0 aromatic heterocycles. The number of nitrogens with one attached hydrogen (secondary N) is 1. The molecule has 39 heavy (non-hydrogen) atoms. The van der Waals surface area contributed by atoms with Crippen molar-refractivity contribution in [1.82, 2.24) is 5.48 Å². The normalized spacial score (nSPS) is 15.8. The third-order valence-electron chi connectivity index (χ3n) is 6.66. The van der Waals surface area contributed by atoms with Crippen LogP contribution in [0.25, 0.3) is 0 Å². The number of halogens is 1. The van der Waals surface area contributed by atoms with E-state index in [4.69, 9.17) is 26.3 Å². The summed E-state index contributed by atoms with van der Waals surface area (Å²) in [4.78, 5) is 17.6. The van der Waals surface area contributed by atoms with Gasteiger partial charge in [-0.1, -0.05) is 37.6 Å². The van der Waals surface area contributed by atoms with Gasteiger partial charge in [-0.25, -0.2) is 9.00 Å². The predicted octanol–water partition coefficient (Wildman–Crippen LogP) is 6.77. The SMILES string of the molecule is CCN(c1ccc(OCC2=C(C(C)C)ONC2c2c(C)cccc2Cl)cc1C)S(=O)c1ccc(C(=O)O)cc1. The number of nitrogens with zero attached hydrogens (tertiary/aromatic N) is 1. The van der Waals surface area contributed by atoms with Gasteiger partial charge in [0.15, 0.2) is 11.0 Å². The number of allylic oxidation sites excluding steroid dienone is 1. The van der Waals surface area contributed by atoms with Gasteiger partial charge in [0.25, 0.3) is 0 Å². The fraction of sp³-hybridized carbons (Fsp3) is 0.300. The molecule has 1 aliphatic rings. The standard InChI is InChI=1S/C30H33ClN2O5S/c1-6-33(39(36)23-13-10-21(11-14-23)30(34)35)26-15-12-22(16-20(26)5)37-17-24-28(32-38-29(24)18(2)3)27-19(4)8-7-9-25(27)31/h7-16,18,28,32H,6,17H2,1-5H3,(H,34,35). The summed E-state index contributed by atoms with van der Waals surface area (Å²) in [7, 11) is -1.50. The zero-order valence-electron chi connectivity index (χ0n) is 22.7. The monoisotopic (exact) mass is 568 g/mol. The molecule has 0 bridgehead atoms. The summed E-state index contributed by atoms with van der Waals surface area (Å²) >= 11 is 6.58. The number of hydrogen-bond acceptors (Lipinski definition) is 5. The first-order chi connectivity index (χ1) is 18.6. The molecule has 9 heteroatoms. The van der Waals surface area contributed by atoms with Crippen LogP contribution < -0.4 is 14.5 Å². The molecule has 1 heterocycles. The Bertz CT molecular complexity index is 1400. The van der Waals surface area contributed by atoms with Gasteiger partial charge in [-0.05, 0) is 86.0 Å². The van der Waals surface area contributed by atoms with Crippen molar-refractivity contribution in [1.29, 1.82) is 0 Å². The molecule has 2 N–H and O–H groups in total. The van der Waals surface area contributed by atoms with Crippen molar-refractivity contribution in [2.75, 3.05) is 17.5 Å². The van der Waals surface area contributed by atoms with Gasteiger partial charge in [0.05, 0.1) is 22.2 Å². The maximum atomic E-state index is 13.3. The highest BCUT2D eigenvalue weighted by Gasteiger charge is 2.33. The van der Waals surface area contributed by atoms with Gasteiger partial charge >= 0.3 is 5.97 Å². The first-order valence-electron chi connectivity index (χ1n) is 12.8. The number of hydroxylamine groups is 1. The summed E-state index contributed by atoms with van der Waals surface area (Å²) in [5.41, 5.74) is 8.04. The van der Waals surface area contributed by atoms with Crippen LogP contribution in [0, 0.1) is 19.8 Å². The van der Waals surface area contributed by atoms with E-state index in [1.165, 1.54) is 12.1 Å². The van der Waals surface area contributed by atoms with Crippen LogP contribution in [0.5, 0.6) is 5.75 Å². The lowest BCUT2D eigenvalue weighted by Gasteiger charge is -2.24. The molecule has 3 aromatic rings.